The molecule has 1 saturated heterocycles. The maximum Gasteiger partial charge on any atom is 0.308 e. The van der Waals surface area contributed by atoms with Crippen LogP contribution in [0.2, 0.25) is 0 Å². The third-order valence-electron chi connectivity index (χ3n) is 3.74. The van der Waals surface area contributed by atoms with Gasteiger partial charge in [0, 0.05) is 18.7 Å². The number of amides is 1. The van der Waals surface area contributed by atoms with Crippen LogP contribution in [-0.4, -0.2) is 40.1 Å². The van der Waals surface area contributed by atoms with Crippen molar-refractivity contribution in [3.63, 3.8) is 0 Å². The average Bonchev–Trinajstić information content (AvgIpc) is 2.95. The van der Waals surface area contributed by atoms with E-state index >= 15 is 0 Å². The largest absolute Gasteiger partial charge is 0.481 e. The van der Waals surface area contributed by atoms with Crippen molar-refractivity contribution in [1.29, 1.82) is 0 Å². The minimum atomic E-state index is -0.833. The van der Waals surface area contributed by atoms with Crippen LogP contribution in [-0.2, 0) is 9.59 Å². The third-order valence-corrected chi connectivity index (χ3v) is 3.74. The number of hydrogen-bond donors (Lipinski definition) is 1. The molecule has 1 fully saturated rings. The first-order valence-electron chi connectivity index (χ1n) is 6.36. The zero-order valence-electron chi connectivity index (χ0n) is 11.3. The fourth-order valence-electron chi connectivity index (χ4n) is 2.67. The number of rotatable bonds is 3. The lowest BCUT2D eigenvalue weighted by Crippen LogP contribution is -2.33. The summed E-state index contributed by atoms with van der Waals surface area (Å²) < 4.78 is 5.07. The van der Waals surface area contributed by atoms with E-state index in [-0.39, 0.29) is 11.8 Å². The van der Waals surface area contributed by atoms with Gasteiger partial charge >= 0.3 is 5.97 Å². The van der Waals surface area contributed by atoms with Gasteiger partial charge in [-0.1, -0.05) is 5.16 Å². The Hall–Kier alpha value is -1.85. The zero-order valence-corrected chi connectivity index (χ0v) is 11.3. The van der Waals surface area contributed by atoms with E-state index in [0.29, 0.717) is 31.0 Å². The third kappa shape index (κ3) is 2.47. The van der Waals surface area contributed by atoms with Crippen molar-refractivity contribution in [2.45, 2.75) is 33.1 Å². The van der Waals surface area contributed by atoms with Crippen LogP contribution in [0.4, 0.5) is 0 Å². The summed E-state index contributed by atoms with van der Waals surface area (Å²) in [7, 11) is 0. The van der Waals surface area contributed by atoms with Crippen LogP contribution in [0.5, 0.6) is 0 Å². The fourth-order valence-corrected chi connectivity index (χ4v) is 2.67. The van der Waals surface area contributed by atoms with Crippen LogP contribution in [0.25, 0.3) is 0 Å². The lowest BCUT2D eigenvalue weighted by Gasteiger charge is -2.20. The van der Waals surface area contributed by atoms with Gasteiger partial charge in [-0.05, 0) is 27.2 Å². The molecule has 1 aromatic rings. The summed E-state index contributed by atoms with van der Waals surface area (Å²) in [4.78, 5) is 24.9. The number of carboxylic acids is 1. The Kier molecular flexibility index (Phi) is 3.59. The maximum absolute atomic E-state index is 12.4. The molecule has 2 atom stereocenters. The van der Waals surface area contributed by atoms with Gasteiger partial charge in [-0.2, -0.15) is 0 Å². The highest BCUT2D eigenvalue weighted by atomic mass is 16.5. The zero-order chi connectivity index (χ0) is 14.2. The molecule has 6 nitrogen and oxygen atoms in total. The van der Waals surface area contributed by atoms with E-state index in [1.54, 1.807) is 18.7 Å². The molecule has 0 unspecified atom stereocenters. The van der Waals surface area contributed by atoms with Crippen molar-refractivity contribution < 1.29 is 19.2 Å². The first kappa shape index (κ1) is 13.6. The van der Waals surface area contributed by atoms with E-state index in [9.17, 15) is 9.59 Å². The molecule has 1 N–H and O–H groups in total. The Morgan fingerprint density at radius 3 is 2.63 bits per heavy atom. The molecule has 1 aliphatic heterocycles. The Bertz CT molecular complexity index is 489. The minimum Gasteiger partial charge on any atom is -0.481 e. The van der Waals surface area contributed by atoms with Gasteiger partial charge in [-0.15, -0.1) is 0 Å². The number of nitrogens with zero attached hydrogens (tertiary/aromatic N) is 2. The summed E-state index contributed by atoms with van der Waals surface area (Å²) in [6.07, 6.45) is 0.523. The van der Waals surface area contributed by atoms with Gasteiger partial charge < -0.3 is 14.5 Å². The van der Waals surface area contributed by atoms with Crippen LogP contribution < -0.4 is 0 Å². The van der Waals surface area contributed by atoms with Gasteiger partial charge in [0.1, 0.15) is 5.76 Å². The van der Waals surface area contributed by atoms with Crippen molar-refractivity contribution in [3.8, 4) is 0 Å². The highest BCUT2D eigenvalue weighted by Gasteiger charge is 2.34. The molecule has 0 bridgehead atoms. The first-order valence-corrected chi connectivity index (χ1v) is 6.36. The quantitative estimate of drug-likeness (QED) is 0.892. The maximum atomic E-state index is 12.4. The summed E-state index contributed by atoms with van der Waals surface area (Å²) in [6, 6.07) is 0. The molecule has 6 heteroatoms. The van der Waals surface area contributed by atoms with Crippen LogP contribution in [0.3, 0.4) is 0 Å². The Morgan fingerprint density at radius 1 is 1.47 bits per heavy atom. The van der Waals surface area contributed by atoms with Crippen molar-refractivity contribution >= 4 is 11.9 Å². The van der Waals surface area contributed by atoms with Gasteiger partial charge in [-0.25, -0.2) is 0 Å². The summed E-state index contributed by atoms with van der Waals surface area (Å²) >= 11 is 0. The molecule has 1 aliphatic rings. The molecular weight excluding hydrogens is 248 g/mol. The first-order chi connectivity index (χ1) is 8.91. The van der Waals surface area contributed by atoms with Crippen molar-refractivity contribution in [1.82, 2.24) is 10.1 Å². The second kappa shape index (κ2) is 5.03. The Morgan fingerprint density at radius 2 is 2.16 bits per heavy atom. The van der Waals surface area contributed by atoms with E-state index < -0.39 is 11.9 Å². The normalized spacial score (nSPS) is 20.6. The second-order valence-corrected chi connectivity index (χ2v) is 5.07. The highest BCUT2D eigenvalue weighted by molar-refractivity contribution is 5.85. The number of aryl methyl sites for hydroxylation is 2. The number of aromatic nitrogens is 1. The second-order valence-electron chi connectivity index (χ2n) is 5.07. The minimum absolute atomic E-state index is 0.0573. The molecule has 0 saturated carbocycles. The SMILES string of the molecule is Cc1noc(C)c1[C@H](C)C(=O)N1CC[C@@H](C(=O)O)C1. The molecule has 2 rings (SSSR count). The number of likely N-dealkylation sites (tertiary alicyclic amines) is 1. The summed E-state index contributed by atoms with van der Waals surface area (Å²) in [5.41, 5.74) is 1.52. The summed E-state index contributed by atoms with van der Waals surface area (Å²) in [5, 5.41) is 12.8. The molecule has 2 heterocycles. The molecule has 0 aromatic carbocycles. The van der Waals surface area contributed by atoms with Crippen LogP contribution in [0.15, 0.2) is 4.52 Å². The number of hydrogen-bond acceptors (Lipinski definition) is 4. The van der Waals surface area contributed by atoms with Gasteiger partial charge in [0.15, 0.2) is 0 Å². The topological polar surface area (TPSA) is 83.6 Å². The number of carboxylic acid groups (broad SMARTS) is 1. The number of carbonyl (C=O) groups is 2. The van der Waals surface area contributed by atoms with Crippen LogP contribution in [0, 0.1) is 19.8 Å². The predicted octanol–water partition coefficient (Wildman–Crippen LogP) is 1.33. The molecule has 1 amide bonds. The van der Waals surface area contributed by atoms with E-state index in [0.717, 1.165) is 5.56 Å². The average molecular weight is 266 g/mol. The molecular formula is C13H18N2O4. The lowest BCUT2D eigenvalue weighted by molar-refractivity contribution is -0.141. The van der Waals surface area contributed by atoms with Gasteiger partial charge in [-0.3, -0.25) is 9.59 Å². The molecule has 1 aromatic heterocycles. The number of aliphatic carboxylic acids is 1. The van der Waals surface area contributed by atoms with E-state index in [1.807, 2.05) is 6.92 Å². The molecule has 0 radical (unpaired) electrons. The Balaban J connectivity index is 2.11. The van der Waals surface area contributed by atoms with Crippen molar-refractivity contribution in [2.24, 2.45) is 5.92 Å². The highest BCUT2D eigenvalue weighted by Crippen LogP contribution is 2.27. The van der Waals surface area contributed by atoms with Gasteiger partial charge in [0.05, 0.1) is 17.5 Å². The summed E-state index contributed by atoms with van der Waals surface area (Å²) in [6.45, 7) is 6.19. The number of carbonyl (C=O) groups excluding carboxylic acids is 1. The van der Waals surface area contributed by atoms with Gasteiger partial charge in [0.2, 0.25) is 5.91 Å². The van der Waals surface area contributed by atoms with E-state index in [4.69, 9.17) is 9.63 Å². The standard InChI is InChI=1S/C13H18N2O4/c1-7(11-8(2)14-19-9(11)3)12(16)15-5-4-10(6-15)13(17)18/h7,10H,4-6H2,1-3H3,(H,17,18)/t7-,10+/m0/s1. The molecule has 104 valence electrons. The molecule has 0 spiro atoms. The molecule has 19 heavy (non-hydrogen) atoms. The smallest absolute Gasteiger partial charge is 0.308 e. The van der Waals surface area contributed by atoms with Crippen molar-refractivity contribution in [3.05, 3.63) is 17.0 Å². The monoisotopic (exact) mass is 266 g/mol. The lowest BCUT2D eigenvalue weighted by atomic mass is 9.98. The van der Waals surface area contributed by atoms with Crippen LogP contribution in [0.1, 0.15) is 36.3 Å². The van der Waals surface area contributed by atoms with E-state index in [2.05, 4.69) is 5.16 Å². The van der Waals surface area contributed by atoms with Crippen LogP contribution >= 0.6 is 0 Å². The van der Waals surface area contributed by atoms with E-state index in [1.165, 1.54) is 0 Å². The van der Waals surface area contributed by atoms with Crippen molar-refractivity contribution in [2.75, 3.05) is 13.1 Å². The fraction of sp³-hybridized carbons (Fsp3) is 0.615. The summed E-state index contributed by atoms with van der Waals surface area (Å²) in [5.74, 6) is -1.04. The molecule has 0 aliphatic carbocycles. The predicted molar refractivity (Wildman–Crippen MR) is 66.7 cm³/mol. The Labute approximate surface area is 111 Å². The van der Waals surface area contributed by atoms with Gasteiger partial charge in [0.25, 0.3) is 0 Å².